The van der Waals surface area contributed by atoms with E-state index in [0.29, 0.717) is 12.7 Å². The molecule has 120 valence electrons. The monoisotopic (exact) mass is 304 g/mol. The molecular weight excluding hydrogens is 279 g/mol. The summed E-state index contributed by atoms with van der Waals surface area (Å²) in [6.45, 7) is 8.05. The van der Waals surface area contributed by atoms with Crippen molar-refractivity contribution in [3.8, 4) is 0 Å². The predicted octanol–water partition coefficient (Wildman–Crippen LogP) is 3.11. The molecule has 22 heavy (non-hydrogen) atoms. The lowest BCUT2D eigenvalue weighted by atomic mass is 9.75. The molecule has 0 amide bonds. The van der Waals surface area contributed by atoms with Gasteiger partial charge in [0.2, 0.25) is 0 Å². The Labute approximate surface area is 133 Å². The van der Waals surface area contributed by atoms with Crippen LogP contribution in [-0.4, -0.2) is 31.4 Å². The highest BCUT2D eigenvalue weighted by molar-refractivity contribution is 6.46. The van der Waals surface area contributed by atoms with Gasteiger partial charge in [-0.1, -0.05) is 30.3 Å². The third-order valence-electron chi connectivity index (χ3n) is 4.64. The number of benzene rings is 1. The lowest BCUT2D eigenvalue weighted by Crippen LogP contribution is -2.41. The van der Waals surface area contributed by atoms with Gasteiger partial charge in [-0.05, 0) is 46.0 Å². The number of carbonyl (C=O) groups excluding carboxylic acids is 1. The smallest absolute Gasteiger partial charge is 0.458 e. The Balaban J connectivity index is 2.07. The predicted molar refractivity (Wildman–Crippen MR) is 86.5 cm³/mol. The van der Waals surface area contributed by atoms with Gasteiger partial charge in [-0.15, -0.1) is 0 Å². The molecule has 1 fully saturated rings. The van der Waals surface area contributed by atoms with Crippen molar-refractivity contribution in [2.75, 3.05) is 7.11 Å². The van der Waals surface area contributed by atoms with Crippen molar-refractivity contribution < 1.29 is 18.8 Å². The number of esters is 1. The second-order valence-corrected chi connectivity index (χ2v) is 6.83. The van der Waals surface area contributed by atoms with E-state index >= 15 is 0 Å². The van der Waals surface area contributed by atoms with Gasteiger partial charge in [0, 0.05) is 0 Å². The van der Waals surface area contributed by atoms with Crippen molar-refractivity contribution in [3.63, 3.8) is 0 Å². The van der Waals surface area contributed by atoms with Crippen LogP contribution < -0.4 is 0 Å². The maximum Gasteiger partial charge on any atom is 0.458 e. The maximum absolute atomic E-state index is 12.1. The minimum Gasteiger partial charge on any atom is -0.469 e. The minimum atomic E-state index is -0.391. The standard InChI is InChI=1S/C17H25BO4/c1-16(2)17(3,4)22-18(21-16)12-14(15(19)20-5)11-13-9-7-6-8-10-13/h6-10,14H,11-12H2,1-5H3. The molecule has 0 aromatic heterocycles. The van der Waals surface area contributed by atoms with Crippen LogP contribution in [0.2, 0.25) is 6.32 Å². The van der Waals surface area contributed by atoms with E-state index in [9.17, 15) is 4.79 Å². The normalized spacial score (nSPS) is 20.7. The molecule has 1 heterocycles. The molecule has 1 aromatic rings. The lowest BCUT2D eigenvalue weighted by molar-refractivity contribution is -0.144. The van der Waals surface area contributed by atoms with Gasteiger partial charge in [0.05, 0.1) is 24.2 Å². The molecule has 4 nitrogen and oxygen atoms in total. The molecule has 0 saturated carbocycles. The third-order valence-corrected chi connectivity index (χ3v) is 4.64. The molecule has 1 aliphatic heterocycles. The van der Waals surface area contributed by atoms with Crippen molar-refractivity contribution in [1.29, 1.82) is 0 Å². The quantitative estimate of drug-likeness (QED) is 0.619. The SMILES string of the molecule is COC(=O)C(CB1OC(C)(C)C(C)(C)O1)Cc1ccccc1. The molecule has 1 aromatic carbocycles. The van der Waals surface area contributed by atoms with Crippen molar-refractivity contribution in [2.45, 2.75) is 51.6 Å². The molecular formula is C17H25BO4. The number of ether oxygens (including phenoxy) is 1. The summed E-state index contributed by atoms with van der Waals surface area (Å²) < 4.78 is 16.9. The zero-order valence-corrected chi connectivity index (χ0v) is 14.1. The van der Waals surface area contributed by atoms with E-state index in [2.05, 4.69) is 0 Å². The van der Waals surface area contributed by atoms with Crippen molar-refractivity contribution in [1.82, 2.24) is 0 Å². The van der Waals surface area contributed by atoms with Gasteiger partial charge in [0.25, 0.3) is 0 Å². The first-order valence-corrected chi connectivity index (χ1v) is 7.72. The molecule has 0 spiro atoms. The Morgan fingerprint density at radius 2 is 1.68 bits per heavy atom. The minimum absolute atomic E-state index is 0.224. The number of hydrogen-bond donors (Lipinski definition) is 0. The van der Waals surface area contributed by atoms with Gasteiger partial charge in [-0.2, -0.15) is 0 Å². The van der Waals surface area contributed by atoms with E-state index in [-0.39, 0.29) is 23.1 Å². The van der Waals surface area contributed by atoms with Crippen molar-refractivity contribution in [3.05, 3.63) is 35.9 Å². The first-order chi connectivity index (χ1) is 10.2. The Bertz CT molecular complexity index is 497. The van der Waals surface area contributed by atoms with Gasteiger partial charge in [0.1, 0.15) is 0 Å². The second-order valence-electron chi connectivity index (χ2n) is 6.83. The molecule has 0 aliphatic carbocycles. The van der Waals surface area contributed by atoms with Gasteiger partial charge < -0.3 is 14.0 Å². The zero-order valence-electron chi connectivity index (χ0n) is 14.1. The van der Waals surface area contributed by atoms with E-state index in [4.69, 9.17) is 14.0 Å². The molecule has 0 radical (unpaired) electrons. The van der Waals surface area contributed by atoms with Crippen LogP contribution in [0.1, 0.15) is 33.3 Å². The number of methoxy groups -OCH3 is 1. The van der Waals surface area contributed by atoms with E-state index in [0.717, 1.165) is 5.56 Å². The average molecular weight is 304 g/mol. The summed E-state index contributed by atoms with van der Waals surface area (Å²) in [5, 5.41) is 0. The summed E-state index contributed by atoms with van der Waals surface area (Å²) in [7, 11) is 1.03. The van der Waals surface area contributed by atoms with Gasteiger partial charge >= 0.3 is 13.1 Å². The van der Waals surface area contributed by atoms with Crippen molar-refractivity contribution in [2.24, 2.45) is 5.92 Å². The number of carbonyl (C=O) groups is 1. The zero-order chi connectivity index (χ0) is 16.4. The highest BCUT2D eigenvalue weighted by Crippen LogP contribution is 2.38. The summed E-state index contributed by atoms with van der Waals surface area (Å²) in [4.78, 5) is 12.1. The molecule has 1 saturated heterocycles. The van der Waals surface area contributed by atoms with E-state index in [1.54, 1.807) is 0 Å². The Kier molecular flexibility index (Phi) is 4.98. The van der Waals surface area contributed by atoms with Crippen LogP contribution in [0.4, 0.5) is 0 Å². The van der Waals surface area contributed by atoms with Gasteiger partial charge in [0.15, 0.2) is 0 Å². The Hall–Kier alpha value is -1.33. The van der Waals surface area contributed by atoms with Crippen LogP contribution in [-0.2, 0) is 25.3 Å². The summed E-state index contributed by atoms with van der Waals surface area (Å²) in [6.07, 6.45) is 1.12. The van der Waals surface area contributed by atoms with Crippen LogP contribution in [0.15, 0.2) is 30.3 Å². The molecule has 1 atom stereocenters. The molecule has 0 bridgehead atoms. The topological polar surface area (TPSA) is 44.8 Å². The molecule has 5 heteroatoms. The van der Waals surface area contributed by atoms with Crippen LogP contribution in [0.5, 0.6) is 0 Å². The molecule has 0 N–H and O–H groups in total. The fourth-order valence-electron chi connectivity index (χ4n) is 2.62. The third kappa shape index (κ3) is 3.71. The molecule has 2 rings (SSSR count). The maximum atomic E-state index is 12.1. The van der Waals surface area contributed by atoms with Crippen molar-refractivity contribution >= 4 is 13.1 Å². The van der Waals surface area contributed by atoms with Crippen LogP contribution in [0.25, 0.3) is 0 Å². The number of hydrogen-bond acceptors (Lipinski definition) is 4. The van der Waals surface area contributed by atoms with Gasteiger partial charge in [-0.25, -0.2) is 0 Å². The van der Waals surface area contributed by atoms with Gasteiger partial charge in [-0.3, -0.25) is 4.79 Å². The lowest BCUT2D eigenvalue weighted by Gasteiger charge is -2.32. The summed E-state index contributed by atoms with van der Waals surface area (Å²) in [5.74, 6) is -0.499. The fourth-order valence-corrected chi connectivity index (χ4v) is 2.62. The van der Waals surface area contributed by atoms with Crippen LogP contribution in [0, 0.1) is 5.92 Å². The van der Waals surface area contributed by atoms with Crippen LogP contribution in [0.3, 0.4) is 0 Å². The fraction of sp³-hybridized carbons (Fsp3) is 0.588. The van der Waals surface area contributed by atoms with E-state index in [1.165, 1.54) is 7.11 Å². The summed E-state index contributed by atoms with van der Waals surface area (Å²) in [5.41, 5.74) is 0.338. The second kappa shape index (κ2) is 6.43. The van der Waals surface area contributed by atoms with Crippen LogP contribution >= 0.6 is 0 Å². The van der Waals surface area contributed by atoms with E-state index < -0.39 is 7.12 Å². The molecule has 1 aliphatic rings. The number of rotatable bonds is 5. The summed E-state index contributed by atoms with van der Waals surface area (Å²) >= 11 is 0. The largest absolute Gasteiger partial charge is 0.469 e. The highest BCUT2D eigenvalue weighted by Gasteiger charge is 2.51. The molecule has 1 unspecified atom stereocenters. The first-order valence-electron chi connectivity index (χ1n) is 7.72. The Morgan fingerprint density at radius 1 is 1.14 bits per heavy atom. The first kappa shape index (κ1) is 17.0. The average Bonchev–Trinajstić information content (AvgIpc) is 2.66. The van der Waals surface area contributed by atoms with E-state index in [1.807, 2.05) is 58.0 Å². The Morgan fingerprint density at radius 3 is 2.18 bits per heavy atom. The summed E-state index contributed by atoms with van der Waals surface area (Å²) in [6, 6.07) is 9.93. The highest BCUT2D eigenvalue weighted by atomic mass is 16.7.